The highest BCUT2D eigenvalue weighted by atomic mass is 15.0. The van der Waals surface area contributed by atoms with E-state index in [9.17, 15) is 0 Å². The number of para-hydroxylation sites is 1. The van der Waals surface area contributed by atoms with Gasteiger partial charge in [0.05, 0.1) is 5.39 Å². The van der Waals surface area contributed by atoms with Gasteiger partial charge in [0.1, 0.15) is 17.8 Å². The molecular weight excluding hydrogens is 226 g/mol. The summed E-state index contributed by atoms with van der Waals surface area (Å²) in [4.78, 5) is 11.9. The van der Waals surface area contributed by atoms with E-state index < -0.39 is 0 Å². The molecule has 0 spiro atoms. The Morgan fingerprint density at radius 2 is 2.11 bits per heavy atom. The van der Waals surface area contributed by atoms with Crippen LogP contribution in [0, 0.1) is 0 Å². The normalized spacial score (nSPS) is 11.2. The first-order valence-electron chi connectivity index (χ1n) is 6.05. The second-order valence-corrected chi connectivity index (χ2v) is 4.19. The first kappa shape index (κ1) is 11.0. The fraction of sp³-hybridized carbons (Fsp3) is 0.231. The fourth-order valence-corrected chi connectivity index (χ4v) is 2.12. The number of fused-ring (bicyclic) bond motifs is 3. The number of benzene rings is 1. The summed E-state index contributed by atoms with van der Waals surface area (Å²) >= 11 is 0. The highest BCUT2D eigenvalue weighted by Crippen LogP contribution is 2.28. The second-order valence-electron chi connectivity index (χ2n) is 4.19. The van der Waals surface area contributed by atoms with Crippen molar-refractivity contribution in [1.82, 2.24) is 15.0 Å². The minimum Gasteiger partial charge on any atom is -0.369 e. The maximum Gasteiger partial charge on any atom is 0.143 e. The van der Waals surface area contributed by atoms with Gasteiger partial charge < -0.3 is 16.0 Å². The molecule has 0 saturated heterocycles. The van der Waals surface area contributed by atoms with E-state index in [-0.39, 0.29) is 0 Å². The summed E-state index contributed by atoms with van der Waals surface area (Å²) in [6.45, 7) is 1.50. The molecule has 0 amide bonds. The van der Waals surface area contributed by atoms with Crippen LogP contribution in [0.3, 0.4) is 0 Å². The number of nitrogens with two attached hydrogens (primary N) is 1. The molecule has 5 nitrogen and oxygen atoms in total. The van der Waals surface area contributed by atoms with Crippen LogP contribution in [0.15, 0.2) is 30.6 Å². The summed E-state index contributed by atoms with van der Waals surface area (Å²) in [6.07, 6.45) is 2.50. The molecule has 1 aromatic carbocycles. The Hall–Kier alpha value is -2.14. The number of nitrogens with one attached hydrogen (secondary N) is 2. The summed E-state index contributed by atoms with van der Waals surface area (Å²) in [5, 5.41) is 5.50. The highest BCUT2D eigenvalue weighted by molar-refractivity contribution is 6.10. The van der Waals surface area contributed by atoms with Gasteiger partial charge >= 0.3 is 0 Å². The minimum absolute atomic E-state index is 0.676. The van der Waals surface area contributed by atoms with Crippen molar-refractivity contribution in [2.24, 2.45) is 5.73 Å². The van der Waals surface area contributed by atoms with Crippen molar-refractivity contribution in [2.75, 3.05) is 18.4 Å². The monoisotopic (exact) mass is 241 g/mol. The molecule has 0 unspecified atom stereocenters. The Bertz CT molecular complexity index is 673. The van der Waals surface area contributed by atoms with Crippen molar-refractivity contribution in [3.8, 4) is 0 Å². The molecule has 0 fully saturated rings. The average Bonchev–Trinajstić information content (AvgIpc) is 2.78. The molecule has 3 aromatic rings. The van der Waals surface area contributed by atoms with Gasteiger partial charge in [-0.25, -0.2) is 9.97 Å². The number of hydrogen-bond donors (Lipinski definition) is 3. The Kier molecular flexibility index (Phi) is 2.82. The van der Waals surface area contributed by atoms with Gasteiger partial charge in [-0.1, -0.05) is 18.2 Å². The Balaban J connectivity index is 2.13. The lowest BCUT2D eigenvalue weighted by molar-refractivity contribution is 0.871. The first-order valence-corrected chi connectivity index (χ1v) is 6.05. The third kappa shape index (κ3) is 1.78. The van der Waals surface area contributed by atoms with E-state index in [2.05, 4.69) is 26.3 Å². The molecule has 0 radical (unpaired) electrons. The van der Waals surface area contributed by atoms with E-state index in [1.165, 1.54) is 0 Å². The first-order chi connectivity index (χ1) is 8.90. The summed E-state index contributed by atoms with van der Waals surface area (Å²) in [5.41, 5.74) is 7.44. The molecule has 3 rings (SSSR count). The van der Waals surface area contributed by atoms with Crippen molar-refractivity contribution in [1.29, 1.82) is 0 Å². The number of nitrogens with zero attached hydrogens (tertiary/aromatic N) is 2. The van der Waals surface area contributed by atoms with Gasteiger partial charge in [0, 0.05) is 17.4 Å². The fourth-order valence-electron chi connectivity index (χ4n) is 2.12. The van der Waals surface area contributed by atoms with Gasteiger partial charge in [0.2, 0.25) is 0 Å². The highest BCUT2D eigenvalue weighted by Gasteiger charge is 2.09. The summed E-state index contributed by atoms with van der Waals surface area (Å²) in [6, 6.07) is 8.14. The summed E-state index contributed by atoms with van der Waals surface area (Å²) in [5.74, 6) is 0.867. The Morgan fingerprint density at radius 3 is 3.00 bits per heavy atom. The Morgan fingerprint density at radius 1 is 1.22 bits per heavy atom. The van der Waals surface area contributed by atoms with Gasteiger partial charge in [0.15, 0.2) is 0 Å². The maximum atomic E-state index is 5.50. The van der Waals surface area contributed by atoms with Crippen LogP contribution in [-0.4, -0.2) is 28.0 Å². The summed E-state index contributed by atoms with van der Waals surface area (Å²) in [7, 11) is 0. The molecule has 0 bridgehead atoms. The van der Waals surface area contributed by atoms with Gasteiger partial charge in [0.25, 0.3) is 0 Å². The Labute approximate surface area is 104 Å². The van der Waals surface area contributed by atoms with Crippen molar-refractivity contribution in [3.63, 3.8) is 0 Å². The van der Waals surface area contributed by atoms with E-state index in [0.29, 0.717) is 6.54 Å². The zero-order chi connectivity index (χ0) is 12.4. The molecular formula is C13H15N5. The van der Waals surface area contributed by atoms with E-state index in [4.69, 9.17) is 5.73 Å². The zero-order valence-corrected chi connectivity index (χ0v) is 9.98. The lowest BCUT2D eigenvalue weighted by atomic mass is 10.2. The predicted molar refractivity (Wildman–Crippen MR) is 73.6 cm³/mol. The molecule has 2 aromatic heterocycles. The molecule has 5 heteroatoms. The van der Waals surface area contributed by atoms with Crippen molar-refractivity contribution >= 4 is 27.8 Å². The van der Waals surface area contributed by atoms with Crippen molar-refractivity contribution in [3.05, 3.63) is 30.6 Å². The van der Waals surface area contributed by atoms with Gasteiger partial charge in [-0.3, -0.25) is 0 Å². The SMILES string of the molecule is NCCCNc1ncnc2[nH]c3ccccc3c12. The number of hydrogen-bond acceptors (Lipinski definition) is 4. The van der Waals surface area contributed by atoms with Crippen LogP contribution < -0.4 is 11.1 Å². The van der Waals surface area contributed by atoms with Gasteiger partial charge in [-0.05, 0) is 19.0 Å². The number of aromatic nitrogens is 3. The molecule has 2 heterocycles. The largest absolute Gasteiger partial charge is 0.369 e. The maximum absolute atomic E-state index is 5.50. The third-order valence-electron chi connectivity index (χ3n) is 2.97. The van der Waals surface area contributed by atoms with E-state index in [0.717, 1.165) is 40.7 Å². The predicted octanol–water partition coefficient (Wildman–Crippen LogP) is 1.87. The van der Waals surface area contributed by atoms with Crippen molar-refractivity contribution in [2.45, 2.75) is 6.42 Å². The molecule has 0 aliphatic heterocycles. The van der Waals surface area contributed by atoms with Crippen LogP contribution in [-0.2, 0) is 0 Å². The van der Waals surface area contributed by atoms with E-state index in [1.54, 1.807) is 6.33 Å². The molecule has 18 heavy (non-hydrogen) atoms. The lowest BCUT2D eigenvalue weighted by Crippen LogP contribution is -2.09. The van der Waals surface area contributed by atoms with Crippen LogP contribution in [0.4, 0.5) is 5.82 Å². The smallest absolute Gasteiger partial charge is 0.143 e. The molecule has 0 aliphatic carbocycles. The third-order valence-corrected chi connectivity index (χ3v) is 2.97. The number of rotatable bonds is 4. The summed E-state index contributed by atoms with van der Waals surface area (Å²) < 4.78 is 0. The van der Waals surface area contributed by atoms with Crippen LogP contribution in [0.2, 0.25) is 0 Å². The number of aromatic amines is 1. The molecule has 4 N–H and O–H groups in total. The van der Waals surface area contributed by atoms with Crippen LogP contribution in [0.5, 0.6) is 0 Å². The van der Waals surface area contributed by atoms with E-state index in [1.807, 2.05) is 18.2 Å². The second kappa shape index (κ2) is 4.62. The van der Waals surface area contributed by atoms with E-state index >= 15 is 0 Å². The topological polar surface area (TPSA) is 79.6 Å². The molecule has 0 aliphatic rings. The van der Waals surface area contributed by atoms with Crippen LogP contribution >= 0.6 is 0 Å². The molecule has 92 valence electrons. The molecule has 0 atom stereocenters. The lowest BCUT2D eigenvalue weighted by Gasteiger charge is -2.05. The minimum atomic E-state index is 0.676. The number of H-pyrrole nitrogens is 1. The van der Waals surface area contributed by atoms with Crippen molar-refractivity contribution < 1.29 is 0 Å². The van der Waals surface area contributed by atoms with Crippen LogP contribution in [0.25, 0.3) is 21.9 Å². The zero-order valence-electron chi connectivity index (χ0n) is 9.98. The molecule has 0 saturated carbocycles. The van der Waals surface area contributed by atoms with Crippen LogP contribution in [0.1, 0.15) is 6.42 Å². The van der Waals surface area contributed by atoms with Gasteiger partial charge in [-0.15, -0.1) is 0 Å². The quantitative estimate of drug-likeness (QED) is 0.609. The van der Waals surface area contributed by atoms with Gasteiger partial charge in [-0.2, -0.15) is 0 Å². The number of anilines is 1. The average molecular weight is 241 g/mol. The standard InChI is InChI=1S/C13H15N5/c14-6-3-7-15-12-11-9-4-1-2-5-10(9)18-13(11)17-8-16-12/h1-2,4-5,8H,3,6-7,14H2,(H2,15,16,17,18).